The second-order valence-corrected chi connectivity index (χ2v) is 4.20. The van der Waals surface area contributed by atoms with E-state index in [9.17, 15) is 0 Å². The molecule has 2 atom stereocenters. The first kappa shape index (κ1) is 10.2. The average molecular weight is 202 g/mol. The number of rotatable bonds is 3. The van der Waals surface area contributed by atoms with Crippen LogP contribution < -0.4 is 5.73 Å². The molecule has 2 rings (SSSR count). The predicted molar refractivity (Wildman–Crippen MR) is 64.7 cm³/mol. The van der Waals surface area contributed by atoms with Crippen LogP contribution in [-0.4, -0.2) is 4.98 Å². The van der Waals surface area contributed by atoms with E-state index in [-0.39, 0.29) is 6.04 Å². The molecule has 15 heavy (non-hydrogen) atoms. The summed E-state index contributed by atoms with van der Waals surface area (Å²) in [5.74, 6) is 0.518. The van der Waals surface area contributed by atoms with E-state index in [4.69, 9.17) is 5.73 Å². The molecule has 0 amide bonds. The number of nitrogens with one attached hydrogen (secondary N) is 1. The fraction of sp³-hybridized carbons (Fsp3) is 0.385. The van der Waals surface area contributed by atoms with Crippen LogP contribution in [0.1, 0.15) is 31.9 Å². The van der Waals surface area contributed by atoms with Gasteiger partial charge in [-0.2, -0.15) is 0 Å². The Labute approximate surface area is 90.5 Å². The summed E-state index contributed by atoms with van der Waals surface area (Å²) in [5, 5.41) is 1.25. The smallest absolute Gasteiger partial charge is 0.0457 e. The zero-order chi connectivity index (χ0) is 10.8. The van der Waals surface area contributed by atoms with Gasteiger partial charge in [0.25, 0.3) is 0 Å². The Morgan fingerprint density at radius 1 is 1.33 bits per heavy atom. The number of aromatic nitrogens is 1. The van der Waals surface area contributed by atoms with Crippen molar-refractivity contribution in [3.05, 3.63) is 36.0 Å². The summed E-state index contributed by atoms with van der Waals surface area (Å²) in [5.41, 5.74) is 8.65. The standard InChI is InChI=1S/C13H18N2/c1-3-9(2)13(14)11-8-15-12-7-5-4-6-10(11)12/h4-9,13,15H,3,14H2,1-2H3/t9?,13-/m1/s1. The third-order valence-electron chi connectivity index (χ3n) is 3.24. The molecule has 0 saturated heterocycles. The van der Waals surface area contributed by atoms with Gasteiger partial charge in [0.15, 0.2) is 0 Å². The summed E-state index contributed by atoms with van der Waals surface area (Å²) in [6.45, 7) is 4.38. The van der Waals surface area contributed by atoms with Crippen molar-refractivity contribution in [2.75, 3.05) is 0 Å². The summed E-state index contributed by atoms with van der Waals surface area (Å²) in [7, 11) is 0. The van der Waals surface area contributed by atoms with Crippen molar-refractivity contribution < 1.29 is 0 Å². The summed E-state index contributed by atoms with van der Waals surface area (Å²) in [4.78, 5) is 3.27. The molecule has 0 radical (unpaired) electrons. The van der Waals surface area contributed by atoms with Gasteiger partial charge in [-0.15, -0.1) is 0 Å². The second-order valence-electron chi connectivity index (χ2n) is 4.20. The van der Waals surface area contributed by atoms with Crippen LogP contribution in [0.4, 0.5) is 0 Å². The first-order chi connectivity index (χ1) is 7.24. The van der Waals surface area contributed by atoms with Crippen LogP contribution in [0.15, 0.2) is 30.5 Å². The number of benzene rings is 1. The minimum Gasteiger partial charge on any atom is -0.361 e. The predicted octanol–water partition coefficient (Wildman–Crippen LogP) is 3.21. The van der Waals surface area contributed by atoms with Crippen LogP contribution in [0.2, 0.25) is 0 Å². The van der Waals surface area contributed by atoms with Crippen molar-refractivity contribution in [1.82, 2.24) is 4.98 Å². The SMILES string of the molecule is CCC(C)[C@@H](N)c1c[nH]c2ccccc12. The van der Waals surface area contributed by atoms with Gasteiger partial charge < -0.3 is 10.7 Å². The van der Waals surface area contributed by atoms with Crippen molar-refractivity contribution in [3.8, 4) is 0 Å². The summed E-state index contributed by atoms with van der Waals surface area (Å²) >= 11 is 0. The normalized spacial score (nSPS) is 15.4. The number of hydrogen-bond donors (Lipinski definition) is 2. The molecule has 0 spiro atoms. The van der Waals surface area contributed by atoms with E-state index in [1.165, 1.54) is 16.5 Å². The van der Waals surface area contributed by atoms with Crippen molar-refractivity contribution in [1.29, 1.82) is 0 Å². The van der Waals surface area contributed by atoms with Crippen molar-refractivity contribution in [3.63, 3.8) is 0 Å². The number of H-pyrrole nitrogens is 1. The fourth-order valence-electron chi connectivity index (χ4n) is 1.93. The minimum atomic E-state index is 0.131. The molecule has 1 aromatic carbocycles. The Bertz CT molecular complexity index is 444. The zero-order valence-electron chi connectivity index (χ0n) is 9.33. The third kappa shape index (κ3) is 1.77. The molecule has 80 valence electrons. The van der Waals surface area contributed by atoms with Gasteiger partial charge in [-0.25, -0.2) is 0 Å². The Kier molecular flexibility index (Phi) is 2.78. The van der Waals surface area contributed by atoms with E-state index < -0.39 is 0 Å². The molecule has 0 aliphatic heterocycles. The van der Waals surface area contributed by atoms with E-state index in [0.717, 1.165) is 6.42 Å². The monoisotopic (exact) mass is 202 g/mol. The summed E-state index contributed by atoms with van der Waals surface area (Å²) in [6.07, 6.45) is 3.15. The molecular weight excluding hydrogens is 184 g/mol. The lowest BCUT2D eigenvalue weighted by Gasteiger charge is -2.17. The highest BCUT2D eigenvalue weighted by Gasteiger charge is 2.16. The van der Waals surface area contributed by atoms with Crippen LogP contribution in [0.25, 0.3) is 10.9 Å². The highest BCUT2D eigenvalue weighted by Crippen LogP contribution is 2.28. The quantitative estimate of drug-likeness (QED) is 0.788. The lowest BCUT2D eigenvalue weighted by molar-refractivity contribution is 0.459. The highest BCUT2D eigenvalue weighted by molar-refractivity contribution is 5.83. The number of nitrogens with two attached hydrogens (primary N) is 1. The van der Waals surface area contributed by atoms with Gasteiger partial charge in [0.2, 0.25) is 0 Å². The van der Waals surface area contributed by atoms with E-state index in [1.54, 1.807) is 0 Å². The molecule has 0 saturated carbocycles. The highest BCUT2D eigenvalue weighted by atomic mass is 14.7. The molecule has 1 aromatic heterocycles. The van der Waals surface area contributed by atoms with Gasteiger partial charge in [0.1, 0.15) is 0 Å². The van der Waals surface area contributed by atoms with Gasteiger partial charge in [-0.1, -0.05) is 38.5 Å². The number of aromatic amines is 1. The molecule has 1 unspecified atom stereocenters. The lowest BCUT2D eigenvalue weighted by atomic mass is 9.93. The maximum atomic E-state index is 6.24. The molecule has 0 bridgehead atoms. The molecule has 2 nitrogen and oxygen atoms in total. The zero-order valence-corrected chi connectivity index (χ0v) is 9.33. The number of para-hydroxylation sites is 1. The fourth-order valence-corrected chi connectivity index (χ4v) is 1.93. The second kappa shape index (κ2) is 4.07. The van der Waals surface area contributed by atoms with Crippen molar-refractivity contribution in [2.24, 2.45) is 11.7 Å². The number of fused-ring (bicyclic) bond motifs is 1. The largest absolute Gasteiger partial charge is 0.361 e. The number of hydrogen-bond acceptors (Lipinski definition) is 1. The Morgan fingerprint density at radius 2 is 2.07 bits per heavy atom. The molecule has 2 aromatic rings. The van der Waals surface area contributed by atoms with Crippen LogP contribution in [0.5, 0.6) is 0 Å². The first-order valence-corrected chi connectivity index (χ1v) is 5.55. The van der Waals surface area contributed by atoms with Crippen molar-refractivity contribution in [2.45, 2.75) is 26.3 Å². The van der Waals surface area contributed by atoms with E-state index in [2.05, 4.69) is 37.0 Å². The van der Waals surface area contributed by atoms with Crippen LogP contribution >= 0.6 is 0 Å². The molecule has 1 heterocycles. The molecule has 0 fully saturated rings. The molecule has 2 heteroatoms. The summed E-state index contributed by atoms with van der Waals surface area (Å²) in [6, 6.07) is 8.44. The van der Waals surface area contributed by atoms with Crippen LogP contribution in [0.3, 0.4) is 0 Å². The Balaban J connectivity index is 2.43. The van der Waals surface area contributed by atoms with Crippen LogP contribution in [-0.2, 0) is 0 Å². The first-order valence-electron chi connectivity index (χ1n) is 5.55. The van der Waals surface area contributed by atoms with Gasteiger partial charge in [-0.05, 0) is 17.5 Å². The maximum Gasteiger partial charge on any atom is 0.0457 e. The van der Waals surface area contributed by atoms with E-state index in [0.29, 0.717) is 5.92 Å². The lowest BCUT2D eigenvalue weighted by Crippen LogP contribution is -2.18. The average Bonchev–Trinajstić information content (AvgIpc) is 2.70. The van der Waals surface area contributed by atoms with Gasteiger partial charge >= 0.3 is 0 Å². The van der Waals surface area contributed by atoms with E-state index >= 15 is 0 Å². The molecule has 0 aliphatic carbocycles. The Hall–Kier alpha value is -1.28. The topological polar surface area (TPSA) is 41.8 Å². The molecule has 3 N–H and O–H groups in total. The van der Waals surface area contributed by atoms with E-state index in [1.807, 2.05) is 12.3 Å². The van der Waals surface area contributed by atoms with Gasteiger partial charge in [0.05, 0.1) is 0 Å². The van der Waals surface area contributed by atoms with Gasteiger partial charge in [0, 0.05) is 23.1 Å². The molecule has 0 aliphatic rings. The Morgan fingerprint density at radius 3 is 2.80 bits per heavy atom. The van der Waals surface area contributed by atoms with Gasteiger partial charge in [-0.3, -0.25) is 0 Å². The minimum absolute atomic E-state index is 0.131. The van der Waals surface area contributed by atoms with Crippen LogP contribution in [0, 0.1) is 5.92 Å². The maximum absolute atomic E-state index is 6.24. The molecular formula is C13H18N2. The third-order valence-corrected chi connectivity index (χ3v) is 3.24. The summed E-state index contributed by atoms with van der Waals surface area (Å²) < 4.78 is 0. The van der Waals surface area contributed by atoms with Crippen molar-refractivity contribution >= 4 is 10.9 Å².